The van der Waals surface area contributed by atoms with Crippen LogP contribution in [0.2, 0.25) is 5.02 Å². The lowest BCUT2D eigenvalue weighted by Gasteiger charge is -2.05. The van der Waals surface area contributed by atoms with Crippen molar-refractivity contribution in [2.75, 3.05) is 0 Å². The molecule has 0 aliphatic rings. The number of benzene rings is 1. The van der Waals surface area contributed by atoms with Gasteiger partial charge in [0.05, 0.1) is 0 Å². The summed E-state index contributed by atoms with van der Waals surface area (Å²) in [5.41, 5.74) is 1.23. The second kappa shape index (κ2) is 7.11. The number of aromatic nitrogens is 3. The lowest BCUT2D eigenvalue weighted by molar-refractivity contribution is 0.637. The molecule has 0 N–H and O–H groups in total. The highest BCUT2D eigenvalue weighted by Gasteiger charge is 2.06. The molecule has 3 nitrogen and oxygen atoms in total. The van der Waals surface area contributed by atoms with E-state index in [2.05, 4.69) is 32.3 Å². The van der Waals surface area contributed by atoms with Gasteiger partial charge in [0, 0.05) is 22.2 Å². The van der Waals surface area contributed by atoms with Gasteiger partial charge in [0.25, 0.3) is 0 Å². The minimum Gasteiger partial charge on any atom is -0.308 e. The van der Waals surface area contributed by atoms with E-state index in [0.29, 0.717) is 0 Å². The predicted molar refractivity (Wildman–Crippen MR) is 89.1 cm³/mol. The van der Waals surface area contributed by atoms with Crippen molar-refractivity contribution in [1.29, 1.82) is 0 Å². The summed E-state index contributed by atoms with van der Waals surface area (Å²) >= 11 is 9.38. The molecule has 0 spiro atoms. The minimum atomic E-state index is 0.767. The van der Waals surface area contributed by atoms with Crippen LogP contribution in [0.25, 0.3) is 0 Å². The van der Waals surface area contributed by atoms with Gasteiger partial charge >= 0.3 is 0 Å². The molecule has 0 saturated carbocycles. The van der Waals surface area contributed by atoms with Gasteiger partial charge in [-0.2, -0.15) is 0 Å². The molecule has 0 radical (unpaired) electrons. The SMILES string of the molecule is Clc1ccc(CSc2nncn2CCc2cccs2)cc1. The van der Waals surface area contributed by atoms with Crippen LogP contribution in [0, 0.1) is 0 Å². The van der Waals surface area contributed by atoms with Gasteiger partial charge < -0.3 is 4.57 Å². The molecule has 2 heterocycles. The van der Waals surface area contributed by atoms with Crippen molar-refractivity contribution in [3.63, 3.8) is 0 Å². The summed E-state index contributed by atoms with van der Waals surface area (Å²) in [7, 11) is 0. The fourth-order valence-electron chi connectivity index (χ4n) is 1.92. The van der Waals surface area contributed by atoms with Crippen LogP contribution in [0.1, 0.15) is 10.4 Å². The van der Waals surface area contributed by atoms with Crippen molar-refractivity contribution in [2.24, 2.45) is 0 Å². The third-order valence-corrected chi connectivity index (χ3v) is 5.28. The molecule has 2 aromatic heterocycles. The monoisotopic (exact) mass is 335 g/mol. The first-order chi connectivity index (χ1) is 10.3. The molecule has 0 aliphatic heterocycles. The van der Waals surface area contributed by atoms with E-state index in [1.807, 2.05) is 24.3 Å². The highest BCUT2D eigenvalue weighted by atomic mass is 35.5. The Morgan fingerprint density at radius 1 is 1.19 bits per heavy atom. The molecule has 0 aliphatic carbocycles. The topological polar surface area (TPSA) is 30.7 Å². The highest BCUT2D eigenvalue weighted by Crippen LogP contribution is 2.22. The summed E-state index contributed by atoms with van der Waals surface area (Å²) < 4.78 is 2.11. The van der Waals surface area contributed by atoms with Crippen molar-refractivity contribution in [3.8, 4) is 0 Å². The standard InChI is InChI=1S/C15H14ClN3S2/c16-13-5-3-12(4-6-13)10-21-15-18-17-11-19(15)8-7-14-2-1-9-20-14/h1-6,9,11H,7-8,10H2. The van der Waals surface area contributed by atoms with Gasteiger partial charge in [0.15, 0.2) is 5.16 Å². The zero-order chi connectivity index (χ0) is 14.5. The van der Waals surface area contributed by atoms with Gasteiger partial charge in [0.2, 0.25) is 0 Å². The number of thioether (sulfide) groups is 1. The molecule has 0 unspecified atom stereocenters. The zero-order valence-corrected chi connectivity index (χ0v) is 13.7. The van der Waals surface area contributed by atoms with Gasteiger partial charge in [-0.25, -0.2) is 0 Å². The molecular formula is C15H14ClN3S2. The Labute approximate surface area is 137 Å². The number of thiophene rings is 1. The van der Waals surface area contributed by atoms with Gasteiger partial charge in [0.1, 0.15) is 6.33 Å². The summed E-state index contributed by atoms with van der Waals surface area (Å²) in [6.07, 6.45) is 2.82. The molecule has 0 fully saturated rings. The molecular weight excluding hydrogens is 322 g/mol. The largest absolute Gasteiger partial charge is 0.308 e. The van der Waals surface area contributed by atoms with Crippen LogP contribution in [-0.4, -0.2) is 14.8 Å². The fraction of sp³-hybridized carbons (Fsp3) is 0.200. The first-order valence-electron chi connectivity index (χ1n) is 6.59. The second-order valence-corrected chi connectivity index (χ2v) is 6.96. The summed E-state index contributed by atoms with van der Waals surface area (Å²) in [4.78, 5) is 1.39. The first kappa shape index (κ1) is 14.6. The smallest absolute Gasteiger partial charge is 0.191 e. The predicted octanol–water partition coefficient (Wildman–Crippen LogP) is 4.53. The molecule has 6 heteroatoms. The van der Waals surface area contributed by atoms with E-state index >= 15 is 0 Å². The fourth-order valence-corrected chi connectivity index (χ4v) is 3.65. The van der Waals surface area contributed by atoms with Crippen LogP contribution in [-0.2, 0) is 18.7 Å². The number of nitrogens with zero attached hydrogens (tertiary/aromatic N) is 3. The second-order valence-electron chi connectivity index (χ2n) is 4.55. The average Bonchev–Trinajstić information content (AvgIpc) is 3.16. The average molecular weight is 336 g/mol. The van der Waals surface area contributed by atoms with Gasteiger partial charge in [-0.15, -0.1) is 21.5 Å². The Hall–Kier alpha value is -1.30. The van der Waals surface area contributed by atoms with Crippen molar-refractivity contribution in [3.05, 3.63) is 63.6 Å². The molecule has 0 atom stereocenters. The molecule has 3 aromatic rings. The number of aryl methyl sites for hydroxylation is 2. The van der Waals surface area contributed by atoms with Crippen molar-refractivity contribution in [1.82, 2.24) is 14.8 Å². The molecule has 3 rings (SSSR count). The molecule has 0 bridgehead atoms. The number of hydrogen-bond donors (Lipinski definition) is 0. The summed E-state index contributed by atoms with van der Waals surface area (Å²) in [6, 6.07) is 12.2. The van der Waals surface area contributed by atoms with E-state index in [1.165, 1.54) is 10.4 Å². The van der Waals surface area contributed by atoms with Crippen molar-refractivity contribution in [2.45, 2.75) is 23.9 Å². The summed E-state index contributed by atoms with van der Waals surface area (Å²) in [5, 5.41) is 12.1. The molecule has 0 amide bonds. The van der Waals surface area contributed by atoms with Crippen molar-refractivity contribution >= 4 is 34.7 Å². The summed E-state index contributed by atoms with van der Waals surface area (Å²) in [6.45, 7) is 0.913. The number of hydrogen-bond acceptors (Lipinski definition) is 4. The lowest BCUT2D eigenvalue weighted by Crippen LogP contribution is -2.01. The van der Waals surface area contributed by atoms with E-state index in [9.17, 15) is 0 Å². The minimum absolute atomic E-state index is 0.767. The maximum Gasteiger partial charge on any atom is 0.191 e. The Morgan fingerprint density at radius 2 is 2.05 bits per heavy atom. The van der Waals surface area contributed by atoms with E-state index < -0.39 is 0 Å². The van der Waals surface area contributed by atoms with Crippen LogP contribution in [0.4, 0.5) is 0 Å². The molecule has 108 valence electrons. The highest BCUT2D eigenvalue weighted by molar-refractivity contribution is 7.98. The third-order valence-electron chi connectivity index (χ3n) is 3.04. The van der Waals surface area contributed by atoms with Gasteiger partial charge in [-0.1, -0.05) is 41.6 Å². The van der Waals surface area contributed by atoms with E-state index in [1.54, 1.807) is 29.4 Å². The van der Waals surface area contributed by atoms with Crippen LogP contribution < -0.4 is 0 Å². The third kappa shape index (κ3) is 4.09. The van der Waals surface area contributed by atoms with E-state index in [4.69, 9.17) is 11.6 Å². The lowest BCUT2D eigenvalue weighted by atomic mass is 10.2. The zero-order valence-electron chi connectivity index (χ0n) is 11.3. The summed E-state index contributed by atoms with van der Waals surface area (Å²) in [5.74, 6) is 0.870. The molecule has 1 aromatic carbocycles. The Morgan fingerprint density at radius 3 is 2.81 bits per heavy atom. The van der Waals surface area contributed by atoms with Gasteiger partial charge in [-0.3, -0.25) is 0 Å². The normalized spacial score (nSPS) is 10.9. The molecule has 0 saturated heterocycles. The molecule has 21 heavy (non-hydrogen) atoms. The van der Waals surface area contributed by atoms with E-state index in [-0.39, 0.29) is 0 Å². The Kier molecular flexibility index (Phi) is 4.95. The van der Waals surface area contributed by atoms with Crippen LogP contribution in [0.15, 0.2) is 53.3 Å². The Balaban J connectivity index is 1.58. The first-order valence-corrected chi connectivity index (χ1v) is 8.83. The van der Waals surface area contributed by atoms with Crippen molar-refractivity contribution < 1.29 is 0 Å². The van der Waals surface area contributed by atoms with E-state index in [0.717, 1.165) is 28.9 Å². The maximum absolute atomic E-state index is 5.89. The quantitative estimate of drug-likeness (QED) is 0.620. The van der Waals surface area contributed by atoms with Gasteiger partial charge in [-0.05, 0) is 35.6 Å². The number of rotatable bonds is 6. The number of halogens is 1. The van der Waals surface area contributed by atoms with Crippen LogP contribution >= 0.6 is 34.7 Å². The maximum atomic E-state index is 5.89. The Bertz CT molecular complexity index is 677. The van der Waals surface area contributed by atoms with Crippen LogP contribution in [0.3, 0.4) is 0 Å². The van der Waals surface area contributed by atoms with Crippen LogP contribution in [0.5, 0.6) is 0 Å².